The van der Waals surface area contributed by atoms with Crippen molar-refractivity contribution >= 4 is 5.91 Å². The van der Waals surface area contributed by atoms with Crippen molar-refractivity contribution in [1.29, 1.82) is 0 Å². The fraction of sp³-hybridized carbons (Fsp3) is 0.909. The Balaban J connectivity index is 1.92. The van der Waals surface area contributed by atoms with E-state index in [-0.39, 0.29) is 18.6 Å². The molecule has 5 nitrogen and oxygen atoms in total. The number of carbonyl (C=O) groups excluding carboxylic acids is 1. The molecular weight excluding hydrogens is 208 g/mol. The van der Waals surface area contributed by atoms with E-state index in [4.69, 9.17) is 9.84 Å². The van der Waals surface area contributed by atoms with Gasteiger partial charge in [0.15, 0.2) is 0 Å². The summed E-state index contributed by atoms with van der Waals surface area (Å²) in [6.07, 6.45) is 2.95. The van der Waals surface area contributed by atoms with E-state index in [0.29, 0.717) is 25.7 Å². The van der Waals surface area contributed by atoms with E-state index in [9.17, 15) is 4.79 Å². The summed E-state index contributed by atoms with van der Waals surface area (Å²) in [5.41, 5.74) is 0. The maximum atomic E-state index is 12.2. The van der Waals surface area contributed by atoms with Crippen molar-refractivity contribution in [2.45, 2.75) is 31.4 Å². The standard InChI is InChI=1S/C11H20N2O3/c14-6-5-13(9-2-1-3-9)11(15)10-8-12-4-7-16-10/h9-10,12,14H,1-8H2. The molecule has 1 heterocycles. The number of aliphatic hydroxyl groups is 1. The minimum atomic E-state index is -0.360. The Bertz CT molecular complexity index is 237. The number of ether oxygens (including phenoxy) is 1. The molecule has 1 atom stereocenters. The van der Waals surface area contributed by atoms with Gasteiger partial charge in [0.1, 0.15) is 6.10 Å². The van der Waals surface area contributed by atoms with E-state index >= 15 is 0 Å². The summed E-state index contributed by atoms with van der Waals surface area (Å²) in [5, 5.41) is 12.2. The SMILES string of the molecule is O=C(C1CNCCO1)N(CCO)C1CCC1. The Hall–Kier alpha value is -0.650. The third-order valence-electron chi connectivity index (χ3n) is 3.34. The maximum Gasteiger partial charge on any atom is 0.253 e. The number of rotatable bonds is 4. The van der Waals surface area contributed by atoms with E-state index in [1.54, 1.807) is 4.90 Å². The second-order valence-corrected chi connectivity index (χ2v) is 4.40. The molecule has 0 bridgehead atoms. The highest BCUT2D eigenvalue weighted by Gasteiger charge is 2.33. The molecule has 5 heteroatoms. The third-order valence-corrected chi connectivity index (χ3v) is 3.34. The molecule has 16 heavy (non-hydrogen) atoms. The lowest BCUT2D eigenvalue weighted by atomic mass is 9.91. The number of aliphatic hydroxyl groups excluding tert-OH is 1. The average Bonchev–Trinajstić information content (AvgIpc) is 2.26. The molecule has 1 saturated heterocycles. The summed E-state index contributed by atoms with van der Waals surface area (Å²) < 4.78 is 5.45. The monoisotopic (exact) mass is 228 g/mol. The van der Waals surface area contributed by atoms with Crippen LogP contribution in [0.15, 0.2) is 0 Å². The van der Waals surface area contributed by atoms with Gasteiger partial charge in [0.05, 0.1) is 13.2 Å². The van der Waals surface area contributed by atoms with Crippen LogP contribution in [-0.2, 0) is 9.53 Å². The second-order valence-electron chi connectivity index (χ2n) is 4.40. The number of amides is 1. The van der Waals surface area contributed by atoms with Crippen LogP contribution in [0.5, 0.6) is 0 Å². The van der Waals surface area contributed by atoms with Crippen molar-refractivity contribution in [3.8, 4) is 0 Å². The summed E-state index contributed by atoms with van der Waals surface area (Å²) >= 11 is 0. The fourth-order valence-corrected chi connectivity index (χ4v) is 2.19. The zero-order valence-corrected chi connectivity index (χ0v) is 9.52. The molecule has 1 unspecified atom stereocenters. The minimum Gasteiger partial charge on any atom is -0.395 e. The summed E-state index contributed by atoms with van der Waals surface area (Å²) in [6, 6.07) is 0.324. The van der Waals surface area contributed by atoms with Crippen LogP contribution in [-0.4, -0.2) is 60.9 Å². The zero-order chi connectivity index (χ0) is 11.4. The number of carbonyl (C=O) groups is 1. The predicted octanol–water partition coefficient (Wildman–Crippen LogP) is -0.652. The van der Waals surface area contributed by atoms with Crippen LogP contribution in [0.3, 0.4) is 0 Å². The lowest BCUT2D eigenvalue weighted by molar-refractivity contribution is -0.150. The zero-order valence-electron chi connectivity index (χ0n) is 9.52. The third kappa shape index (κ3) is 2.53. The number of hydrogen-bond donors (Lipinski definition) is 2. The highest BCUT2D eigenvalue weighted by molar-refractivity contribution is 5.81. The molecule has 0 spiro atoms. The van der Waals surface area contributed by atoms with Crippen LogP contribution < -0.4 is 5.32 Å². The molecule has 1 aliphatic carbocycles. The molecule has 2 aliphatic rings. The van der Waals surface area contributed by atoms with E-state index in [1.807, 2.05) is 0 Å². The molecule has 1 aliphatic heterocycles. The first-order valence-electron chi connectivity index (χ1n) is 6.06. The molecule has 2 N–H and O–H groups in total. The molecule has 2 fully saturated rings. The van der Waals surface area contributed by atoms with E-state index in [0.717, 1.165) is 19.4 Å². The summed E-state index contributed by atoms with van der Waals surface area (Å²) in [5.74, 6) is 0.0333. The van der Waals surface area contributed by atoms with Gasteiger partial charge in [-0.2, -0.15) is 0 Å². The van der Waals surface area contributed by atoms with Gasteiger partial charge in [-0.05, 0) is 19.3 Å². The quantitative estimate of drug-likeness (QED) is 0.671. The number of nitrogens with zero attached hydrogens (tertiary/aromatic N) is 1. The Morgan fingerprint density at radius 1 is 1.50 bits per heavy atom. The first kappa shape index (κ1) is 11.8. The lowest BCUT2D eigenvalue weighted by Crippen LogP contribution is -2.54. The highest BCUT2D eigenvalue weighted by atomic mass is 16.5. The highest BCUT2D eigenvalue weighted by Crippen LogP contribution is 2.25. The van der Waals surface area contributed by atoms with Gasteiger partial charge in [-0.1, -0.05) is 0 Å². The normalized spacial score (nSPS) is 26.2. The maximum absolute atomic E-state index is 12.2. The van der Waals surface area contributed by atoms with Gasteiger partial charge in [-0.15, -0.1) is 0 Å². The summed E-state index contributed by atoms with van der Waals surface area (Å²) in [6.45, 7) is 2.46. The van der Waals surface area contributed by atoms with E-state index in [2.05, 4.69) is 5.32 Å². The predicted molar refractivity (Wildman–Crippen MR) is 59.0 cm³/mol. The van der Waals surface area contributed by atoms with Gasteiger partial charge in [-0.25, -0.2) is 0 Å². The average molecular weight is 228 g/mol. The lowest BCUT2D eigenvalue weighted by Gasteiger charge is -2.39. The Labute approximate surface area is 95.8 Å². The number of hydrogen-bond acceptors (Lipinski definition) is 4. The Morgan fingerprint density at radius 3 is 2.81 bits per heavy atom. The topological polar surface area (TPSA) is 61.8 Å². The molecule has 0 aromatic heterocycles. The number of morpholine rings is 1. The fourth-order valence-electron chi connectivity index (χ4n) is 2.19. The smallest absolute Gasteiger partial charge is 0.253 e. The molecule has 0 aromatic carbocycles. The molecule has 0 radical (unpaired) electrons. The van der Waals surface area contributed by atoms with Gasteiger partial charge in [-0.3, -0.25) is 4.79 Å². The molecule has 0 aromatic rings. The van der Waals surface area contributed by atoms with Gasteiger partial charge >= 0.3 is 0 Å². The molecule has 92 valence electrons. The van der Waals surface area contributed by atoms with Gasteiger partial charge in [0.25, 0.3) is 5.91 Å². The first-order valence-corrected chi connectivity index (χ1v) is 6.06. The molecule has 2 rings (SSSR count). The van der Waals surface area contributed by atoms with Crippen LogP contribution in [0, 0.1) is 0 Å². The van der Waals surface area contributed by atoms with E-state index < -0.39 is 0 Å². The molecular formula is C11H20N2O3. The first-order chi connectivity index (χ1) is 7.83. The summed E-state index contributed by atoms with van der Waals surface area (Å²) in [4.78, 5) is 14.0. The summed E-state index contributed by atoms with van der Waals surface area (Å²) in [7, 11) is 0. The van der Waals surface area contributed by atoms with Crippen molar-refractivity contribution in [2.24, 2.45) is 0 Å². The largest absolute Gasteiger partial charge is 0.395 e. The van der Waals surface area contributed by atoms with Crippen LogP contribution >= 0.6 is 0 Å². The van der Waals surface area contributed by atoms with Crippen molar-refractivity contribution in [1.82, 2.24) is 10.2 Å². The molecule has 1 saturated carbocycles. The van der Waals surface area contributed by atoms with Crippen LogP contribution in [0.4, 0.5) is 0 Å². The van der Waals surface area contributed by atoms with Crippen molar-refractivity contribution in [3.05, 3.63) is 0 Å². The van der Waals surface area contributed by atoms with Crippen LogP contribution in [0.1, 0.15) is 19.3 Å². The minimum absolute atomic E-state index is 0.0301. The van der Waals surface area contributed by atoms with Crippen LogP contribution in [0.25, 0.3) is 0 Å². The van der Waals surface area contributed by atoms with Crippen molar-refractivity contribution in [3.63, 3.8) is 0 Å². The van der Waals surface area contributed by atoms with Crippen LogP contribution in [0.2, 0.25) is 0 Å². The van der Waals surface area contributed by atoms with E-state index in [1.165, 1.54) is 6.42 Å². The van der Waals surface area contributed by atoms with Gasteiger partial charge in [0.2, 0.25) is 0 Å². The van der Waals surface area contributed by atoms with Crippen molar-refractivity contribution < 1.29 is 14.6 Å². The number of nitrogens with one attached hydrogen (secondary N) is 1. The van der Waals surface area contributed by atoms with Gasteiger partial charge in [0, 0.05) is 25.7 Å². The van der Waals surface area contributed by atoms with Crippen molar-refractivity contribution in [2.75, 3.05) is 32.8 Å². The molecule has 1 amide bonds. The Kier molecular flexibility index (Phi) is 4.15. The second kappa shape index (κ2) is 5.61. The Morgan fingerprint density at radius 2 is 2.31 bits per heavy atom. The van der Waals surface area contributed by atoms with Gasteiger partial charge < -0.3 is 20.1 Å².